The maximum Gasteiger partial charge on any atom is 0.158 e. The van der Waals surface area contributed by atoms with Crippen LogP contribution in [-0.2, 0) is 11.2 Å². The third-order valence-corrected chi connectivity index (χ3v) is 4.66. The Bertz CT molecular complexity index is 354. The molecule has 0 unspecified atom stereocenters. The number of nitrogens with zero attached hydrogens (tertiary/aromatic N) is 2. The zero-order valence-corrected chi connectivity index (χ0v) is 12.7. The van der Waals surface area contributed by atoms with Gasteiger partial charge in [0.25, 0.3) is 0 Å². The molecule has 0 N–H and O–H groups in total. The van der Waals surface area contributed by atoms with Crippen LogP contribution in [0.15, 0.2) is 11.7 Å². The van der Waals surface area contributed by atoms with E-state index >= 15 is 0 Å². The fraction of sp³-hybridized carbons (Fsp3) is 0.714. The van der Waals surface area contributed by atoms with E-state index in [4.69, 9.17) is 0 Å². The van der Waals surface area contributed by atoms with Crippen LogP contribution in [0.5, 0.6) is 0 Å². The minimum absolute atomic E-state index is 0.298. The Kier molecular flexibility index (Phi) is 5.96. The van der Waals surface area contributed by atoms with Gasteiger partial charge in [0, 0.05) is 17.5 Å². The number of thiazole rings is 1. The smallest absolute Gasteiger partial charge is 0.158 e. The lowest BCUT2D eigenvalue weighted by Gasteiger charge is -2.41. The second-order valence-corrected chi connectivity index (χ2v) is 5.45. The van der Waals surface area contributed by atoms with Gasteiger partial charge in [-0.2, -0.15) is 0 Å². The van der Waals surface area contributed by atoms with Crippen LogP contribution < -0.4 is 0 Å². The number of ketones is 1. The van der Waals surface area contributed by atoms with Gasteiger partial charge in [-0.25, -0.2) is 0 Å². The van der Waals surface area contributed by atoms with Gasteiger partial charge in [0.2, 0.25) is 0 Å². The minimum atomic E-state index is -0.298. The van der Waals surface area contributed by atoms with Crippen LogP contribution in [0.25, 0.3) is 0 Å². The summed E-state index contributed by atoms with van der Waals surface area (Å²) in [6.45, 7) is 10.3. The summed E-state index contributed by atoms with van der Waals surface area (Å²) >= 11 is 1.56. The van der Waals surface area contributed by atoms with E-state index in [0.29, 0.717) is 12.2 Å². The van der Waals surface area contributed by atoms with Gasteiger partial charge in [0.1, 0.15) is 0 Å². The first-order valence-corrected chi connectivity index (χ1v) is 7.68. The number of hydrogen-bond donors (Lipinski definition) is 0. The van der Waals surface area contributed by atoms with E-state index in [2.05, 4.69) is 37.6 Å². The summed E-state index contributed by atoms with van der Waals surface area (Å²) in [6, 6.07) is 0. The maximum atomic E-state index is 12.7. The molecular weight excluding hydrogens is 244 g/mol. The first-order valence-electron chi connectivity index (χ1n) is 6.80. The molecule has 0 spiro atoms. The molecule has 0 saturated heterocycles. The molecule has 102 valence electrons. The van der Waals surface area contributed by atoms with E-state index in [1.54, 1.807) is 23.0 Å². The molecule has 0 aliphatic carbocycles. The highest BCUT2D eigenvalue weighted by molar-refractivity contribution is 7.09. The predicted octanol–water partition coefficient (Wildman–Crippen LogP) is 3.16. The molecular formula is C14H24N2OS. The van der Waals surface area contributed by atoms with Crippen LogP contribution in [0.1, 0.15) is 45.4 Å². The molecule has 4 heteroatoms. The summed E-state index contributed by atoms with van der Waals surface area (Å²) in [6.07, 6.45) is 4.08. The largest absolute Gasteiger partial charge is 0.297 e. The van der Waals surface area contributed by atoms with Crippen LogP contribution >= 0.6 is 11.3 Å². The summed E-state index contributed by atoms with van der Waals surface area (Å²) in [5.74, 6) is 0.334. The third-order valence-electron chi connectivity index (χ3n) is 3.88. The quantitative estimate of drug-likeness (QED) is 0.726. The van der Waals surface area contributed by atoms with Crippen molar-refractivity contribution in [3.63, 3.8) is 0 Å². The standard InChI is InChI=1S/C14H24N2OS/c1-5-14(6-2,16(7-3)8-4)13(17)9-12-10-15-11-18-12/h10-11H,5-9H2,1-4H3. The Morgan fingerprint density at radius 3 is 2.28 bits per heavy atom. The third kappa shape index (κ3) is 2.98. The van der Waals surface area contributed by atoms with Gasteiger partial charge in [0.05, 0.1) is 11.0 Å². The van der Waals surface area contributed by atoms with Crippen molar-refractivity contribution in [2.75, 3.05) is 13.1 Å². The van der Waals surface area contributed by atoms with Crippen molar-refractivity contribution in [3.05, 3.63) is 16.6 Å². The Morgan fingerprint density at radius 2 is 1.89 bits per heavy atom. The molecule has 18 heavy (non-hydrogen) atoms. The summed E-state index contributed by atoms with van der Waals surface area (Å²) < 4.78 is 0. The van der Waals surface area contributed by atoms with Crippen LogP contribution in [0.2, 0.25) is 0 Å². The molecule has 0 radical (unpaired) electrons. The fourth-order valence-corrected chi connectivity index (χ4v) is 3.34. The molecule has 0 aliphatic heterocycles. The van der Waals surface area contributed by atoms with Gasteiger partial charge in [-0.3, -0.25) is 14.7 Å². The highest BCUT2D eigenvalue weighted by Gasteiger charge is 2.38. The minimum Gasteiger partial charge on any atom is -0.297 e. The molecule has 0 aromatic carbocycles. The molecule has 0 fully saturated rings. The van der Waals surface area contributed by atoms with Gasteiger partial charge >= 0.3 is 0 Å². The van der Waals surface area contributed by atoms with E-state index in [1.807, 2.05) is 0 Å². The number of likely N-dealkylation sites (N-methyl/N-ethyl adjacent to an activating group) is 1. The first kappa shape index (κ1) is 15.3. The Hall–Kier alpha value is -0.740. The Labute approximate surface area is 114 Å². The van der Waals surface area contributed by atoms with Crippen molar-refractivity contribution >= 4 is 17.1 Å². The van der Waals surface area contributed by atoms with E-state index < -0.39 is 0 Å². The number of Topliss-reactive ketones (excluding diaryl/α,β-unsaturated/α-hetero) is 1. The number of carbonyl (C=O) groups is 1. The Balaban J connectivity index is 2.92. The number of carbonyl (C=O) groups excluding carboxylic acids is 1. The molecule has 1 rings (SSSR count). The van der Waals surface area contributed by atoms with Crippen molar-refractivity contribution in [1.82, 2.24) is 9.88 Å². The van der Waals surface area contributed by atoms with Crippen molar-refractivity contribution in [2.45, 2.75) is 52.5 Å². The molecule has 0 amide bonds. The SMILES string of the molecule is CCN(CC)C(CC)(CC)C(=O)Cc1cncs1. The zero-order chi connectivity index (χ0) is 13.6. The molecule has 1 heterocycles. The second-order valence-electron chi connectivity index (χ2n) is 4.48. The molecule has 0 atom stereocenters. The summed E-state index contributed by atoms with van der Waals surface area (Å²) in [4.78, 5) is 20.1. The van der Waals surface area contributed by atoms with Crippen molar-refractivity contribution in [1.29, 1.82) is 0 Å². The highest BCUT2D eigenvalue weighted by Crippen LogP contribution is 2.27. The van der Waals surface area contributed by atoms with Gasteiger partial charge in [0.15, 0.2) is 5.78 Å². The van der Waals surface area contributed by atoms with Crippen LogP contribution in [0.4, 0.5) is 0 Å². The summed E-state index contributed by atoms with van der Waals surface area (Å²) in [5, 5.41) is 0. The Morgan fingerprint density at radius 1 is 1.28 bits per heavy atom. The number of aromatic nitrogens is 1. The van der Waals surface area contributed by atoms with Gasteiger partial charge in [-0.15, -0.1) is 11.3 Å². The van der Waals surface area contributed by atoms with Crippen molar-refractivity contribution in [2.24, 2.45) is 0 Å². The molecule has 3 nitrogen and oxygen atoms in total. The molecule has 0 aliphatic rings. The monoisotopic (exact) mass is 268 g/mol. The summed E-state index contributed by atoms with van der Waals surface area (Å²) in [7, 11) is 0. The molecule has 1 aromatic rings. The maximum absolute atomic E-state index is 12.7. The van der Waals surface area contributed by atoms with E-state index in [0.717, 1.165) is 30.8 Å². The molecule has 0 bridgehead atoms. The number of rotatable bonds is 8. The fourth-order valence-electron chi connectivity index (χ4n) is 2.75. The molecule has 1 aromatic heterocycles. The normalized spacial score (nSPS) is 12.1. The van der Waals surface area contributed by atoms with Gasteiger partial charge in [-0.1, -0.05) is 27.7 Å². The lowest BCUT2D eigenvalue weighted by molar-refractivity contribution is -0.131. The van der Waals surface area contributed by atoms with Crippen LogP contribution in [0, 0.1) is 0 Å². The highest BCUT2D eigenvalue weighted by atomic mass is 32.1. The molecule has 0 saturated carbocycles. The van der Waals surface area contributed by atoms with E-state index in [1.165, 1.54) is 0 Å². The van der Waals surface area contributed by atoms with E-state index in [9.17, 15) is 4.79 Å². The van der Waals surface area contributed by atoms with Gasteiger partial charge < -0.3 is 0 Å². The zero-order valence-electron chi connectivity index (χ0n) is 11.9. The average Bonchev–Trinajstić information content (AvgIpc) is 2.88. The van der Waals surface area contributed by atoms with Crippen LogP contribution in [0.3, 0.4) is 0 Å². The second kappa shape index (κ2) is 7.00. The average molecular weight is 268 g/mol. The lowest BCUT2D eigenvalue weighted by atomic mass is 9.84. The van der Waals surface area contributed by atoms with Crippen molar-refractivity contribution < 1.29 is 4.79 Å². The topological polar surface area (TPSA) is 33.2 Å². The van der Waals surface area contributed by atoms with Gasteiger partial charge in [-0.05, 0) is 25.9 Å². The predicted molar refractivity (Wildman–Crippen MR) is 77.1 cm³/mol. The first-order chi connectivity index (χ1) is 8.64. The van der Waals surface area contributed by atoms with E-state index in [-0.39, 0.29) is 5.54 Å². The van der Waals surface area contributed by atoms with Crippen molar-refractivity contribution in [3.8, 4) is 0 Å². The lowest BCUT2D eigenvalue weighted by Crippen LogP contribution is -2.54. The van der Waals surface area contributed by atoms with Crippen LogP contribution in [-0.4, -0.2) is 34.3 Å². The number of hydrogen-bond acceptors (Lipinski definition) is 4. The summed E-state index contributed by atoms with van der Waals surface area (Å²) in [5.41, 5.74) is 1.49.